The third-order valence-corrected chi connectivity index (χ3v) is 6.78. The molecule has 2 aromatic heterocycles. The van der Waals surface area contributed by atoms with Gasteiger partial charge in [-0.15, -0.1) is 21.5 Å². The minimum absolute atomic E-state index is 0.119. The van der Waals surface area contributed by atoms with Crippen molar-refractivity contribution in [1.82, 2.24) is 25.1 Å². The maximum Gasteiger partial charge on any atom is 0.251 e. The summed E-state index contributed by atoms with van der Waals surface area (Å²) >= 11 is 1.59. The summed E-state index contributed by atoms with van der Waals surface area (Å²) in [6, 6.07) is 11.2. The fraction of sp³-hybridized carbons (Fsp3) is 0.381. The molecule has 154 valence electrons. The topological polar surface area (TPSA) is 84.2 Å². The van der Waals surface area contributed by atoms with Crippen molar-refractivity contribution in [2.24, 2.45) is 0 Å². The van der Waals surface area contributed by atoms with Crippen LogP contribution in [-0.2, 0) is 9.59 Å². The van der Waals surface area contributed by atoms with Gasteiger partial charge >= 0.3 is 0 Å². The molecule has 0 bridgehead atoms. The van der Waals surface area contributed by atoms with Crippen LogP contribution < -0.4 is 4.90 Å². The number of anilines is 1. The highest BCUT2D eigenvalue weighted by Gasteiger charge is 2.44. The molecular weight excluding hydrogens is 400 g/mol. The number of aryl methyl sites for hydroxylation is 1. The van der Waals surface area contributed by atoms with Gasteiger partial charge < -0.3 is 0 Å². The smallest absolute Gasteiger partial charge is 0.251 e. The standard InChI is InChI=1S/C21H22N6O2S/c1-14-5-2-3-6-16(14)26-19(28)13-17(21(26)29)25-10-8-15(9-11-25)27-23-20(22-24-27)18-7-4-12-30-18/h2-7,12,15,17H,8-11,13H2,1H3. The van der Waals surface area contributed by atoms with Crippen molar-refractivity contribution < 1.29 is 9.59 Å². The van der Waals surface area contributed by atoms with E-state index in [4.69, 9.17) is 0 Å². The first kappa shape index (κ1) is 19.1. The van der Waals surface area contributed by atoms with E-state index in [2.05, 4.69) is 20.3 Å². The van der Waals surface area contributed by atoms with Crippen LogP contribution in [0.1, 0.15) is 30.9 Å². The highest BCUT2D eigenvalue weighted by Crippen LogP contribution is 2.31. The number of aromatic nitrogens is 4. The molecule has 0 spiro atoms. The van der Waals surface area contributed by atoms with E-state index in [1.807, 2.05) is 48.7 Å². The normalized spacial score (nSPS) is 21.0. The first-order valence-electron chi connectivity index (χ1n) is 10.1. The number of rotatable bonds is 4. The van der Waals surface area contributed by atoms with Crippen molar-refractivity contribution in [2.75, 3.05) is 18.0 Å². The summed E-state index contributed by atoms with van der Waals surface area (Å²) in [7, 11) is 0. The summed E-state index contributed by atoms with van der Waals surface area (Å²) in [4.78, 5) is 31.9. The van der Waals surface area contributed by atoms with Crippen LogP contribution >= 0.6 is 11.3 Å². The summed E-state index contributed by atoms with van der Waals surface area (Å²) in [5.41, 5.74) is 1.62. The van der Waals surface area contributed by atoms with E-state index in [0.717, 1.165) is 36.4 Å². The van der Waals surface area contributed by atoms with Gasteiger partial charge in [-0.3, -0.25) is 14.5 Å². The van der Waals surface area contributed by atoms with Crippen molar-refractivity contribution in [1.29, 1.82) is 0 Å². The molecule has 1 atom stereocenters. The average molecular weight is 423 g/mol. The quantitative estimate of drug-likeness (QED) is 0.601. The van der Waals surface area contributed by atoms with Crippen LogP contribution in [0.3, 0.4) is 0 Å². The Morgan fingerprint density at radius 1 is 1.07 bits per heavy atom. The molecule has 2 aliphatic heterocycles. The Kier molecular flexibility index (Phi) is 4.92. The number of likely N-dealkylation sites (tertiary alicyclic amines) is 1. The molecule has 0 aliphatic carbocycles. The Labute approximate surface area is 178 Å². The number of piperidine rings is 1. The van der Waals surface area contributed by atoms with Crippen LogP contribution in [0.15, 0.2) is 41.8 Å². The number of thiophene rings is 1. The zero-order valence-electron chi connectivity index (χ0n) is 16.6. The Morgan fingerprint density at radius 3 is 2.60 bits per heavy atom. The van der Waals surface area contributed by atoms with Crippen molar-refractivity contribution >= 4 is 28.8 Å². The summed E-state index contributed by atoms with van der Waals surface area (Å²) in [6.07, 6.45) is 1.88. The second kappa shape index (κ2) is 7.73. The number of para-hydroxylation sites is 1. The number of nitrogens with zero attached hydrogens (tertiary/aromatic N) is 6. The van der Waals surface area contributed by atoms with Gasteiger partial charge in [-0.2, -0.15) is 4.80 Å². The van der Waals surface area contributed by atoms with Gasteiger partial charge in [-0.1, -0.05) is 24.3 Å². The lowest BCUT2D eigenvalue weighted by Gasteiger charge is -2.34. The second-order valence-electron chi connectivity index (χ2n) is 7.75. The van der Waals surface area contributed by atoms with E-state index in [0.29, 0.717) is 11.5 Å². The van der Waals surface area contributed by atoms with E-state index in [-0.39, 0.29) is 30.3 Å². The third-order valence-electron chi connectivity index (χ3n) is 5.92. The summed E-state index contributed by atoms with van der Waals surface area (Å²) in [6.45, 7) is 3.38. The van der Waals surface area contributed by atoms with E-state index in [9.17, 15) is 9.59 Å². The van der Waals surface area contributed by atoms with Crippen molar-refractivity contribution in [3.8, 4) is 10.7 Å². The van der Waals surface area contributed by atoms with E-state index in [1.165, 1.54) is 4.90 Å². The monoisotopic (exact) mass is 422 g/mol. The Balaban J connectivity index is 1.25. The number of imide groups is 1. The van der Waals surface area contributed by atoms with E-state index in [1.54, 1.807) is 16.1 Å². The predicted octanol–water partition coefficient (Wildman–Crippen LogP) is 2.68. The Bertz CT molecular complexity index is 1070. The second-order valence-corrected chi connectivity index (χ2v) is 8.70. The van der Waals surface area contributed by atoms with Gasteiger partial charge in [0.2, 0.25) is 11.7 Å². The SMILES string of the molecule is Cc1ccccc1N1C(=O)CC(N2CCC(n3nnc(-c4cccs4)n3)CC2)C1=O. The number of carbonyl (C=O) groups is 2. The Hall–Kier alpha value is -2.91. The zero-order valence-corrected chi connectivity index (χ0v) is 17.5. The fourth-order valence-corrected chi connectivity index (χ4v) is 4.93. The number of benzene rings is 1. The lowest BCUT2D eigenvalue weighted by molar-refractivity contribution is -0.123. The molecule has 0 radical (unpaired) electrons. The van der Waals surface area contributed by atoms with Crippen LogP contribution in [-0.4, -0.2) is 56.1 Å². The minimum Gasteiger partial charge on any atom is -0.291 e. The van der Waals surface area contributed by atoms with Crippen LogP contribution in [0.5, 0.6) is 0 Å². The molecule has 2 aliphatic rings. The molecule has 1 unspecified atom stereocenters. The van der Waals surface area contributed by atoms with E-state index < -0.39 is 0 Å². The molecular formula is C21H22N6O2S. The van der Waals surface area contributed by atoms with Gasteiger partial charge in [0.25, 0.3) is 5.91 Å². The van der Waals surface area contributed by atoms with Crippen LogP contribution in [0, 0.1) is 6.92 Å². The highest BCUT2D eigenvalue weighted by atomic mass is 32.1. The summed E-state index contributed by atoms with van der Waals surface area (Å²) in [5, 5.41) is 15.0. The fourth-order valence-electron chi connectivity index (χ4n) is 4.28. The summed E-state index contributed by atoms with van der Waals surface area (Å²) < 4.78 is 0. The third kappa shape index (κ3) is 3.33. The van der Waals surface area contributed by atoms with Crippen LogP contribution in [0.4, 0.5) is 5.69 Å². The summed E-state index contributed by atoms with van der Waals surface area (Å²) in [5.74, 6) is 0.407. The molecule has 3 aromatic rings. The molecule has 0 N–H and O–H groups in total. The number of hydrogen-bond acceptors (Lipinski definition) is 7. The highest BCUT2D eigenvalue weighted by molar-refractivity contribution is 7.13. The molecule has 2 amide bonds. The van der Waals surface area contributed by atoms with Gasteiger partial charge in [0.15, 0.2) is 0 Å². The van der Waals surface area contributed by atoms with Gasteiger partial charge in [0, 0.05) is 13.1 Å². The molecule has 2 fully saturated rings. The molecule has 1 aromatic carbocycles. The first-order chi connectivity index (χ1) is 14.6. The Morgan fingerprint density at radius 2 is 1.87 bits per heavy atom. The van der Waals surface area contributed by atoms with Gasteiger partial charge in [-0.25, -0.2) is 4.90 Å². The van der Waals surface area contributed by atoms with Gasteiger partial charge in [0.05, 0.1) is 29.1 Å². The molecule has 8 nitrogen and oxygen atoms in total. The predicted molar refractivity (Wildman–Crippen MR) is 113 cm³/mol. The van der Waals surface area contributed by atoms with Gasteiger partial charge in [0.1, 0.15) is 0 Å². The molecule has 9 heteroatoms. The molecule has 0 saturated carbocycles. The molecule has 2 saturated heterocycles. The first-order valence-corrected chi connectivity index (χ1v) is 11.0. The van der Waals surface area contributed by atoms with E-state index >= 15 is 0 Å². The van der Waals surface area contributed by atoms with Crippen molar-refractivity contribution in [3.05, 3.63) is 47.3 Å². The lowest BCUT2D eigenvalue weighted by atomic mass is 10.0. The number of carbonyl (C=O) groups excluding carboxylic acids is 2. The van der Waals surface area contributed by atoms with Crippen molar-refractivity contribution in [3.63, 3.8) is 0 Å². The maximum absolute atomic E-state index is 13.1. The number of hydrogen-bond donors (Lipinski definition) is 0. The number of tetrazole rings is 1. The van der Waals surface area contributed by atoms with Crippen molar-refractivity contribution in [2.45, 2.75) is 38.3 Å². The largest absolute Gasteiger partial charge is 0.291 e. The average Bonchev–Trinajstić information content (AvgIpc) is 3.50. The molecule has 4 heterocycles. The van der Waals surface area contributed by atoms with Crippen LogP contribution in [0.2, 0.25) is 0 Å². The maximum atomic E-state index is 13.1. The lowest BCUT2D eigenvalue weighted by Crippen LogP contribution is -2.46. The molecule has 5 rings (SSSR count). The zero-order chi connectivity index (χ0) is 20.7. The molecule has 30 heavy (non-hydrogen) atoms. The minimum atomic E-state index is -0.386. The van der Waals surface area contributed by atoms with Gasteiger partial charge in [-0.05, 0) is 48.1 Å². The van der Waals surface area contributed by atoms with Crippen LogP contribution in [0.25, 0.3) is 10.7 Å². The number of amides is 2.